The van der Waals surface area contributed by atoms with E-state index in [1.807, 2.05) is 0 Å². The highest BCUT2D eigenvalue weighted by atomic mass is 16.1. The Morgan fingerprint density at radius 3 is 3.00 bits per heavy atom. The number of rotatable bonds is 1. The quantitative estimate of drug-likeness (QED) is 0.549. The first-order valence-corrected chi connectivity index (χ1v) is 4.80. The number of nitrogens with zero attached hydrogens (tertiary/aromatic N) is 2. The minimum Gasteiger partial charge on any atom is -0.300 e. The fraction of sp³-hybridized carbons (Fsp3) is 0.889. The number of piperazine rings is 1. The summed E-state index contributed by atoms with van der Waals surface area (Å²) in [4.78, 5) is 16.1. The van der Waals surface area contributed by atoms with Crippen LogP contribution in [0.4, 0.5) is 0 Å². The van der Waals surface area contributed by atoms with Gasteiger partial charge in [-0.1, -0.05) is 6.92 Å². The Morgan fingerprint density at radius 1 is 1.42 bits per heavy atom. The second-order valence-corrected chi connectivity index (χ2v) is 3.66. The molecule has 2 fully saturated rings. The Hall–Kier alpha value is -0.410. The van der Waals surface area contributed by atoms with E-state index in [9.17, 15) is 4.79 Å². The van der Waals surface area contributed by atoms with Crippen LogP contribution in [0.25, 0.3) is 0 Å². The van der Waals surface area contributed by atoms with Crippen LogP contribution in [0.15, 0.2) is 0 Å². The van der Waals surface area contributed by atoms with E-state index in [-0.39, 0.29) is 6.04 Å². The van der Waals surface area contributed by atoms with E-state index in [0.717, 1.165) is 39.1 Å². The van der Waals surface area contributed by atoms with E-state index in [0.29, 0.717) is 5.78 Å². The molecule has 0 aliphatic carbocycles. The van der Waals surface area contributed by atoms with Crippen molar-refractivity contribution in [2.45, 2.75) is 19.4 Å². The topological polar surface area (TPSA) is 23.6 Å². The molecule has 2 rings (SSSR count). The van der Waals surface area contributed by atoms with E-state index >= 15 is 0 Å². The fourth-order valence-electron chi connectivity index (χ4n) is 2.16. The lowest BCUT2D eigenvalue weighted by Gasteiger charge is -2.35. The van der Waals surface area contributed by atoms with Gasteiger partial charge in [-0.05, 0) is 6.54 Å². The third-order valence-corrected chi connectivity index (χ3v) is 3.04. The molecule has 12 heavy (non-hydrogen) atoms. The van der Waals surface area contributed by atoms with Gasteiger partial charge in [-0.3, -0.25) is 9.69 Å². The number of Topliss-reactive ketones (excluding diaryl/α,β-unsaturated/α-hetero) is 1. The predicted octanol–water partition coefficient (Wildman–Crippen LogP) is -0.0347. The normalized spacial score (nSPS) is 32.4. The van der Waals surface area contributed by atoms with Crippen LogP contribution < -0.4 is 0 Å². The van der Waals surface area contributed by atoms with Crippen LogP contribution in [0.2, 0.25) is 0 Å². The molecule has 1 unspecified atom stereocenters. The van der Waals surface area contributed by atoms with Crippen molar-refractivity contribution in [3.05, 3.63) is 0 Å². The van der Waals surface area contributed by atoms with Crippen LogP contribution in [0.5, 0.6) is 0 Å². The van der Waals surface area contributed by atoms with E-state index in [4.69, 9.17) is 0 Å². The van der Waals surface area contributed by atoms with Crippen molar-refractivity contribution in [2.75, 3.05) is 32.7 Å². The van der Waals surface area contributed by atoms with Crippen molar-refractivity contribution < 1.29 is 4.79 Å². The molecule has 68 valence electrons. The molecule has 2 heterocycles. The lowest BCUT2D eigenvalue weighted by atomic mass is 10.1. The predicted molar refractivity (Wildman–Crippen MR) is 47.1 cm³/mol. The Morgan fingerprint density at radius 2 is 2.25 bits per heavy atom. The third kappa shape index (κ3) is 1.27. The molecule has 2 aliphatic rings. The molecule has 2 aliphatic heterocycles. The Kier molecular flexibility index (Phi) is 2.15. The minimum atomic E-state index is 0.235. The number of fused-ring (bicyclic) bond motifs is 1. The lowest BCUT2D eigenvalue weighted by molar-refractivity contribution is -0.121. The van der Waals surface area contributed by atoms with Gasteiger partial charge in [-0.15, -0.1) is 0 Å². The molecule has 0 bridgehead atoms. The molecule has 1 atom stereocenters. The fourth-order valence-corrected chi connectivity index (χ4v) is 2.16. The molecule has 0 aromatic rings. The summed E-state index contributed by atoms with van der Waals surface area (Å²) in [5.41, 5.74) is 0. The first kappa shape index (κ1) is 8.20. The van der Waals surface area contributed by atoms with Crippen molar-refractivity contribution in [3.8, 4) is 0 Å². The SMILES string of the molecule is CCN1CCN2CCC(=O)C2C1. The first-order valence-electron chi connectivity index (χ1n) is 4.80. The van der Waals surface area contributed by atoms with Gasteiger partial charge in [0, 0.05) is 32.6 Å². The van der Waals surface area contributed by atoms with E-state index in [1.54, 1.807) is 0 Å². The average Bonchev–Trinajstić information content (AvgIpc) is 2.47. The highest BCUT2D eigenvalue weighted by molar-refractivity contribution is 5.86. The zero-order valence-electron chi connectivity index (χ0n) is 7.62. The van der Waals surface area contributed by atoms with Crippen molar-refractivity contribution >= 4 is 5.78 Å². The minimum absolute atomic E-state index is 0.235. The van der Waals surface area contributed by atoms with Gasteiger partial charge in [-0.25, -0.2) is 0 Å². The van der Waals surface area contributed by atoms with Crippen LogP contribution in [-0.4, -0.2) is 54.3 Å². The van der Waals surface area contributed by atoms with Gasteiger partial charge in [0.05, 0.1) is 6.04 Å². The van der Waals surface area contributed by atoms with Crippen molar-refractivity contribution in [1.29, 1.82) is 0 Å². The highest BCUT2D eigenvalue weighted by Gasteiger charge is 2.35. The van der Waals surface area contributed by atoms with Gasteiger partial charge in [0.15, 0.2) is 5.78 Å². The number of carbonyl (C=O) groups is 1. The third-order valence-electron chi connectivity index (χ3n) is 3.04. The summed E-state index contributed by atoms with van der Waals surface area (Å²) in [5, 5.41) is 0. The van der Waals surface area contributed by atoms with Gasteiger partial charge in [0.1, 0.15) is 0 Å². The van der Waals surface area contributed by atoms with E-state index in [2.05, 4.69) is 16.7 Å². The molecule has 3 nitrogen and oxygen atoms in total. The maximum absolute atomic E-state index is 11.4. The summed E-state index contributed by atoms with van der Waals surface area (Å²) in [6.45, 7) is 7.44. The molecule has 0 N–H and O–H groups in total. The molecular formula is C9H16N2O. The van der Waals surface area contributed by atoms with Crippen molar-refractivity contribution in [1.82, 2.24) is 9.80 Å². The highest BCUT2D eigenvalue weighted by Crippen LogP contribution is 2.18. The van der Waals surface area contributed by atoms with Gasteiger partial charge in [0.25, 0.3) is 0 Å². The van der Waals surface area contributed by atoms with Gasteiger partial charge < -0.3 is 4.90 Å². The van der Waals surface area contributed by atoms with Gasteiger partial charge >= 0.3 is 0 Å². The Bertz CT molecular complexity index is 193. The lowest BCUT2D eigenvalue weighted by Crippen LogP contribution is -2.51. The van der Waals surface area contributed by atoms with Crippen LogP contribution in [-0.2, 0) is 4.79 Å². The first-order chi connectivity index (χ1) is 5.81. The molecule has 0 amide bonds. The summed E-state index contributed by atoms with van der Waals surface area (Å²) < 4.78 is 0. The molecule has 0 aromatic heterocycles. The standard InChI is InChI=1S/C9H16N2O/c1-2-10-5-6-11-4-3-9(12)8(11)7-10/h8H,2-7H2,1H3. The van der Waals surface area contributed by atoms with Crippen molar-refractivity contribution in [3.63, 3.8) is 0 Å². The second-order valence-electron chi connectivity index (χ2n) is 3.66. The number of ketones is 1. The van der Waals surface area contributed by atoms with Crippen LogP contribution in [0.3, 0.4) is 0 Å². The summed E-state index contributed by atoms with van der Waals surface area (Å²) in [6.07, 6.45) is 0.780. The molecular weight excluding hydrogens is 152 g/mol. The zero-order chi connectivity index (χ0) is 8.55. The zero-order valence-corrected chi connectivity index (χ0v) is 7.62. The smallest absolute Gasteiger partial charge is 0.152 e. The van der Waals surface area contributed by atoms with E-state index < -0.39 is 0 Å². The molecule has 0 radical (unpaired) electrons. The maximum Gasteiger partial charge on any atom is 0.152 e. The monoisotopic (exact) mass is 168 g/mol. The summed E-state index contributed by atoms with van der Waals surface area (Å²) in [7, 11) is 0. The Labute approximate surface area is 73.3 Å². The largest absolute Gasteiger partial charge is 0.300 e. The molecule has 0 spiro atoms. The summed E-state index contributed by atoms with van der Waals surface area (Å²) in [5.74, 6) is 0.452. The average molecular weight is 168 g/mol. The van der Waals surface area contributed by atoms with Crippen molar-refractivity contribution in [2.24, 2.45) is 0 Å². The van der Waals surface area contributed by atoms with Gasteiger partial charge in [-0.2, -0.15) is 0 Å². The molecule has 0 aromatic carbocycles. The Balaban J connectivity index is 2.01. The number of carbonyl (C=O) groups excluding carboxylic acids is 1. The van der Waals surface area contributed by atoms with Gasteiger partial charge in [0.2, 0.25) is 0 Å². The molecule has 2 saturated heterocycles. The molecule has 0 saturated carbocycles. The van der Waals surface area contributed by atoms with Crippen LogP contribution in [0, 0.1) is 0 Å². The number of hydrogen-bond donors (Lipinski definition) is 0. The number of hydrogen-bond acceptors (Lipinski definition) is 3. The van der Waals surface area contributed by atoms with Crippen LogP contribution >= 0.6 is 0 Å². The second kappa shape index (κ2) is 3.15. The number of likely N-dealkylation sites (N-methyl/N-ethyl adjacent to an activating group) is 1. The maximum atomic E-state index is 11.4. The van der Waals surface area contributed by atoms with E-state index in [1.165, 1.54) is 0 Å². The van der Waals surface area contributed by atoms with Crippen LogP contribution in [0.1, 0.15) is 13.3 Å². The summed E-state index contributed by atoms with van der Waals surface area (Å²) >= 11 is 0. The molecule has 3 heteroatoms. The summed E-state index contributed by atoms with van der Waals surface area (Å²) in [6, 6.07) is 0.235.